The minimum Gasteiger partial charge on any atom is -0.379 e. The highest BCUT2D eigenvalue weighted by Gasteiger charge is 2.29. The van der Waals surface area contributed by atoms with E-state index in [-0.39, 0.29) is 0 Å². The van der Waals surface area contributed by atoms with Crippen molar-refractivity contribution in [3.05, 3.63) is 4.13 Å². The highest BCUT2D eigenvalue weighted by Crippen LogP contribution is 2.58. The van der Waals surface area contributed by atoms with Crippen LogP contribution in [0.2, 0.25) is 0 Å². The van der Waals surface area contributed by atoms with E-state index < -0.39 is 28.1 Å². The van der Waals surface area contributed by atoms with Crippen LogP contribution in [0.25, 0.3) is 4.13 Å². The van der Waals surface area contributed by atoms with Gasteiger partial charge in [0.15, 0.2) is 0 Å². The highest BCUT2D eigenvalue weighted by molar-refractivity contribution is 8.07. The summed E-state index contributed by atoms with van der Waals surface area (Å²) in [5.41, 5.74) is 0. The van der Waals surface area contributed by atoms with Crippen molar-refractivity contribution in [2.24, 2.45) is 0 Å². The maximum absolute atomic E-state index is 11.1. The van der Waals surface area contributed by atoms with Crippen LogP contribution in [-0.2, 0) is 20.8 Å². The van der Waals surface area contributed by atoms with Crippen LogP contribution < -0.4 is 0 Å². The second-order valence-corrected chi connectivity index (χ2v) is 11.9. The quantitative estimate of drug-likeness (QED) is 0.349. The standard InChI is InChI=1S/C11H26P.F2NO4S2/c1-5-9-10-11-12(6-2,7-3)8-4;1-8(4,5)3-9(2,6)7/h5-11H2,1-4H3;/q+1;-1. The van der Waals surface area contributed by atoms with Crippen molar-refractivity contribution in [2.45, 2.75) is 47.0 Å². The van der Waals surface area contributed by atoms with E-state index in [4.69, 9.17) is 0 Å². The topological polar surface area (TPSA) is 82.4 Å². The van der Waals surface area contributed by atoms with E-state index in [0.29, 0.717) is 0 Å². The fraction of sp³-hybridized carbons (Fsp3) is 1.00. The minimum atomic E-state index is -5.62. The van der Waals surface area contributed by atoms with Crippen LogP contribution in [0.1, 0.15) is 47.0 Å². The average Bonchev–Trinajstić information content (AvgIpc) is 2.32. The maximum Gasteiger partial charge on any atom is 0.241 e. The molecule has 130 valence electrons. The zero-order valence-corrected chi connectivity index (χ0v) is 15.6. The molecule has 0 aromatic rings. The van der Waals surface area contributed by atoms with Gasteiger partial charge in [0.1, 0.15) is 0 Å². The third-order valence-corrected chi connectivity index (χ3v) is 10.1. The summed E-state index contributed by atoms with van der Waals surface area (Å²) in [7, 11) is -11.7. The predicted molar refractivity (Wildman–Crippen MR) is 86.3 cm³/mol. The van der Waals surface area contributed by atoms with Crippen molar-refractivity contribution in [1.82, 2.24) is 0 Å². The molecule has 10 heteroatoms. The van der Waals surface area contributed by atoms with Gasteiger partial charge in [-0.3, -0.25) is 0 Å². The van der Waals surface area contributed by atoms with Gasteiger partial charge in [-0.1, -0.05) is 19.8 Å². The highest BCUT2D eigenvalue weighted by atomic mass is 32.3. The molecule has 0 amide bonds. The number of hydrogen-bond donors (Lipinski definition) is 0. The summed E-state index contributed by atoms with van der Waals surface area (Å²) in [4.78, 5) is 0. The molecule has 0 rings (SSSR count). The van der Waals surface area contributed by atoms with Crippen LogP contribution in [-0.4, -0.2) is 41.5 Å². The Morgan fingerprint density at radius 3 is 1.38 bits per heavy atom. The number of rotatable bonds is 9. The largest absolute Gasteiger partial charge is 0.379 e. The van der Waals surface area contributed by atoms with Crippen molar-refractivity contribution in [1.29, 1.82) is 0 Å². The van der Waals surface area contributed by atoms with Gasteiger partial charge in [0.25, 0.3) is 0 Å². The third kappa shape index (κ3) is 14.8. The second-order valence-electron chi connectivity index (χ2n) is 4.62. The molecule has 0 spiro atoms. The van der Waals surface area contributed by atoms with Gasteiger partial charge < -0.3 is 4.13 Å². The molecule has 0 N–H and O–H groups in total. The Hall–Kier alpha value is 0.150. The van der Waals surface area contributed by atoms with Gasteiger partial charge in [0.05, 0.1) is 24.6 Å². The summed E-state index contributed by atoms with van der Waals surface area (Å²) in [6.07, 6.45) is 10.3. The van der Waals surface area contributed by atoms with Crippen LogP contribution in [0, 0.1) is 0 Å². The Balaban J connectivity index is 0. The normalized spacial score (nSPS) is 12.7. The fourth-order valence-corrected chi connectivity index (χ4v) is 5.98. The Bertz CT molecular complexity index is 426. The number of unbranched alkanes of at least 4 members (excludes halogenated alkanes) is 2. The van der Waals surface area contributed by atoms with E-state index >= 15 is 0 Å². The Kier molecular flexibility index (Phi) is 12.0. The van der Waals surface area contributed by atoms with E-state index in [9.17, 15) is 24.6 Å². The lowest BCUT2D eigenvalue weighted by molar-refractivity contribution is 0.551. The van der Waals surface area contributed by atoms with E-state index in [1.54, 1.807) is 6.16 Å². The van der Waals surface area contributed by atoms with Gasteiger partial charge in [-0.05, 0) is 27.2 Å². The molecule has 0 radical (unpaired) electrons. The molecule has 0 aromatic carbocycles. The number of nitrogens with zero attached hydrogens (tertiary/aromatic N) is 1. The molecule has 0 saturated carbocycles. The second kappa shape index (κ2) is 10.8. The van der Waals surface area contributed by atoms with Crippen molar-refractivity contribution >= 4 is 28.1 Å². The molecule has 0 heterocycles. The SMILES string of the molecule is CCCCC[P+](CC)(CC)CC.O=S(=O)(F)[N-]S(=O)(=O)F. The molecule has 0 saturated heterocycles. The third-order valence-electron chi connectivity index (χ3n) is 3.43. The van der Waals surface area contributed by atoms with Gasteiger partial charge in [0, 0.05) is 7.26 Å². The van der Waals surface area contributed by atoms with E-state index in [1.807, 2.05) is 0 Å². The van der Waals surface area contributed by atoms with Crippen LogP contribution in [0.5, 0.6) is 0 Å². The first-order valence-electron chi connectivity index (χ1n) is 6.93. The monoisotopic (exact) mass is 369 g/mol. The molecular weight excluding hydrogens is 343 g/mol. The number of halogens is 2. The van der Waals surface area contributed by atoms with Crippen LogP contribution in [0.4, 0.5) is 7.77 Å². The molecule has 0 fully saturated rings. The summed E-state index contributed by atoms with van der Waals surface area (Å²) in [6, 6.07) is 0. The summed E-state index contributed by atoms with van der Waals surface area (Å²) in [5.74, 6) is 0. The minimum absolute atomic E-state index is 0.469. The lowest BCUT2D eigenvalue weighted by atomic mass is 10.3. The molecule has 21 heavy (non-hydrogen) atoms. The van der Waals surface area contributed by atoms with Crippen LogP contribution in [0.3, 0.4) is 0 Å². The summed E-state index contributed by atoms with van der Waals surface area (Å²) >= 11 is 0. The van der Waals surface area contributed by atoms with Crippen molar-refractivity contribution in [3.63, 3.8) is 0 Å². The van der Waals surface area contributed by atoms with Gasteiger partial charge in [-0.15, -0.1) is 7.77 Å². The molecular formula is C11H26F2NO4PS2. The Labute approximate surface area is 128 Å². The van der Waals surface area contributed by atoms with Crippen molar-refractivity contribution in [3.8, 4) is 0 Å². The Morgan fingerprint density at radius 2 is 1.19 bits per heavy atom. The van der Waals surface area contributed by atoms with Gasteiger partial charge in [0.2, 0.25) is 20.8 Å². The fourth-order valence-electron chi connectivity index (χ4n) is 1.95. The molecule has 0 aliphatic rings. The summed E-state index contributed by atoms with van der Waals surface area (Å²) < 4.78 is 60.1. The summed E-state index contributed by atoms with van der Waals surface area (Å²) in [6.45, 7) is 9.48. The Morgan fingerprint density at radius 1 is 0.810 bits per heavy atom. The van der Waals surface area contributed by atoms with Gasteiger partial charge >= 0.3 is 0 Å². The lowest BCUT2D eigenvalue weighted by Gasteiger charge is -2.23. The smallest absolute Gasteiger partial charge is 0.241 e. The molecule has 0 unspecified atom stereocenters. The zero-order chi connectivity index (χ0) is 17.2. The first kappa shape index (κ1) is 23.4. The van der Waals surface area contributed by atoms with E-state index in [2.05, 4.69) is 27.7 Å². The lowest BCUT2D eigenvalue weighted by Crippen LogP contribution is -2.07. The molecule has 5 nitrogen and oxygen atoms in total. The van der Waals surface area contributed by atoms with E-state index in [1.165, 1.54) is 37.7 Å². The van der Waals surface area contributed by atoms with Crippen molar-refractivity contribution in [2.75, 3.05) is 24.6 Å². The maximum atomic E-state index is 11.1. The molecule has 0 aliphatic carbocycles. The summed E-state index contributed by atoms with van der Waals surface area (Å²) in [5, 5.41) is 0. The first-order valence-corrected chi connectivity index (χ1v) is 12.1. The average molecular weight is 369 g/mol. The number of hydrogen-bond acceptors (Lipinski definition) is 4. The van der Waals surface area contributed by atoms with Crippen molar-refractivity contribution < 1.29 is 24.6 Å². The predicted octanol–water partition coefficient (Wildman–Crippen LogP) is 4.04. The van der Waals surface area contributed by atoms with Gasteiger partial charge in [-0.25, -0.2) is 16.8 Å². The van der Waals surface area contributed by atoms with Crippen LogP contribution in [0.15, 0.2) is 0 Å². The molecule has 0 atom stereocenters. The molecule has 0 aromatic heterocycles. The van der Waals surface area contributed by atoms with Crippen LogP contribution >= 0.6 is 7.26 Å². The molecule has 0 bridgehead atoms. The zero-order valence-electron chi connectivity index (χ0n) is 13.0. The molecule has 0 aliphatic heterocycles. The van der Waals surface area contributed by atoms with Gasteiger partial charge in [-0.2, -0.15) is 0 Å². The van der Waals surface area contributed by atoms with E-state index in [0.717, 1.165) is 4.13 Å². The first-order chi connectivity index (χ1) is 9.45.